The summed E-state index contributed by atoms with van der Waals surface area (Å²) < 4.78 is 12.8. The van der Waals surface area contributed by atoms with Crippen molar-refractivity contribution < 1.29 is 29.0 Å². The molecule has 0 spiro atoms. The lowest BCUT2D eigenvalue weighted by Gasteiger charge is -2.05. The number of aliphatic carboxylic acids is 1. The Hall–Kier alpha value is -3.74. The molecule has 0 saturated heterocycles. The molecule has 0 radical (unpaired) electrons. The van der Waals surface area contributed by atoms with Gasteiger partial charge in [0.2, 0.25) is 5.91 Å². The molecule has 0 heterocycles. The molecule has 26 heavy (non-hydrogen) atoms. The van der Waals surface area contributed by atoms with Crippen LogP contribution in [0.25, 0.3) is 11.8 Å². The Morgan fingerprint density at radius 1 is 1.00 bits per heavy atom. The number of halogens is 1. The van der Waals surface area contributed by atoms with Gasteiger partial charge >= 0.3 is 5.97 Å². The van der Waals surface area contributed by atoms with E-state index in [1.54, 1.807) is 6.07 Å². The topological polar surface area (TPSA) is 104 Å². The maximum absolute atomic E-state index is 12.8. The van der Waals surface area contributed by atoms with Crippen molar-refractivity contribution >= 4 is 35.2 Å². The van der Waals surface area contributed by atoms with Gasteiger partial charge in [-0.15, -0.1) is 0 Å². The maximum Gasteiger partial charge on any atom is 0.376 e. The second-order valence-corrected chi connectivity index (χ2v) is 5.15. The fourth-order valence-electron chi connectivity index (χ4n) is 1.96. The summed E-state index contributed by atoms with van der Waals surface area (Å²) in [6.45, 7) is 0. The van der Waals surface area contributed by atoms with Gasteiger partial charge in [0.05, 0.1) is 0 Å². The number of aliphatic hydroxyl groups excluding tert-OH is 1. The molecular formula is C19H14FNO5. The molecule has 1 amide bonds. The van der Waals surface area contributed by atoms with E-state index >= 15 is 0 Å². The van der Waals surface area contributed by atoms with Gasteiger partial charge in [0.1, 0.15) is 11.6 Å². The van der Waals surface area contributed by atoms with Crippen LogP contribution in [0.15, 0.2) is 60.7 Å². The lowest BCUT2D eigenvalue weighted by molar-refractivity contribution is -0.146. The van der Waals surface area contributed by atoms with Gasteiger partial charge in [-0.1, -0.05) is 24.3 Å². The number of hydrogen-bond donors (Lipinski definition) is 3. The number of carboxylic acids is 1. The minimum Gasteiger partial charge on any atom is -0.507 e. The van der Waals surface area contributed by atoms with Gasteiger partial charge in [-0.3, -0.25) is 9.59 Å². The second-order valence-electron chi connectivity index (χ2n) is 5.15. The van der Waals surface area contributed by atoms with Crippen LogP contribution in [-0.4, -0.2) is 27.9 Å². The number of amides is 1. The number of ketones is 1. The van der Waals surface area contributed by atoms with E-state index in [1.807, 2.05) is 0 Å². The van der Waals surface area contributed by atoms with Gasteiger partial charge in [0, 0.05) is 23.4 Å². The van der Waals surface area contributed by atoms with Gasteiger partial charge in [-0.2, -0.15) is 0 Å². The van der Waals surface area contributed by atoms with E-state index in [2.05, 4.69) is 5.32 Å². The molecule has 132 valence electrons. The molecule has 0 aliphatic heterocycles. The van der Waals surface area contributed by atoms with Crippen LogP contribution in [-0.2, 0) is 14.4 Å². The zero-order valence-corrected chi connectivity index (χ0v) is 13.3. The second kappa shape index (κ2) is 8.39. The Morgan fingerprint density at radius 2 is 1.69 bits per heavy atom. The number of hydrogen-bond acceptors (Lipinski definition) is 4. The minimum absolute atomic E-state index is 0.167. The number of nitrogens with one attached hydrogen (secondary N) is 1. The highest BCUT2D eigenvalue weighted by Gasteiger charge is 2.11. The average molecular weight is 355 g/mol. The summed E-state index contributed by atoms with van der Waals surface area (Å²) in [5.74, 6) is -4.32. The molecule has 6 nitrogen and oxygen atoms in total. The fourth-order valence-corrected chi connectivity index (χ4v) is 1.96. The van der Waals surface area contributed by atoms with E-state index < -0.39 is 23.4 Å². The van der Waals surface area contributed by atoms with E-state index in [1.165, 1.54) is 54.6 Å². The first kappa shape index (κ1) is 18.6. The zero-order chi connectivity index (χ0) is 19.1. The first-order chi connectivity index (χ1) is 12.3. The molecule has 3 N–H and O–H groups in total. The Bertz CT molecular complexity index is 900. The lowest BCUT2D eigenvalue weighted by atomic mass is 10.1. The first-order valence-corrected chi connectivity index (χ1v) is 7.38. The van der Waals surface area contributed by atoms with E-state index in [9.17, 15) is 23.9 Å². The third kappa shape index (κ3) is 5.41. The van der Waals surface area contributed by atoms with Crippen LogP contribution in [0.4, 0.5) is 10.1 Å². The van der Waals surface area contributed by atoms with Gasteiger partial charge in [0.25, 0.3) is 5.78 Å². The van der Waals surface area contributed by atoms with Crippen LogP contribution in [0.1, 0.15) is 11.1 Å². The van der Waals surface area contributed by atoms with Crippen molar-refractivity contribution in [3.63, 3.8) is 0 Å². The lowest BCUT2D eigenvalue weighted by Crippen LogP contribution is -2.10. The Balaban J connectivity index is 2.08. The van der Waals surface area contributed by atoms with Crippen LogP contribution in [0.2, 0.25) is 0 Å². The molecule has 0 saturated carbocycles. The van der Waals surface area contributed by atoms with Crippen molar-refractivity contribution in [3.8, 4) is 0 Å². The molecule has 2 rings (SSSR count). The molecular weight excluding hydrogens is 341 g/mol. The third-order valence-corrected chi connectivity index (χ3v) is 3.20. The zero-order valence-electron chi connectivity index (χ0n) is 13.3. The molecule has 0 fully saturated rings. The summed E-state index contributed by atoms with van der Waals surface area (Å²) in [6.07, 6.45) is 3.34. The molecule has 0 aliphatic rings. The smallest absolute Gasteiger partial charge is 0.376 e. The number of benzene rings is 2. The Morgan fingerprint density at radius 3 is 2.35 bits per heavy atom. The highest BCUT2D eigenvalue weighted by Crippen LogP contribution is 2.17. The molecule has 0 bridgehead atoms. The monoisotopic (exact) mass is 355 g/mol. The van der Waals surface area contributed by atoms with Crippen molar-refractivity contribution in [1.29, 1.82) is 0 Å². The number of aliphatic hydroxyl groups is 1. The van der Waals surface area contributed by atoms with Crippen molar-refractivity contribution in [1.82, 2.24) is 0 Å². The van der Waals surface area contributed by atoms with Crippen LogP contribution in [0.3, 0.4) is 0 Å². The highest BCUT2D eigenvalue weighted by molar-refractivity contribution is 6.38. The standard InChI is InChI=1S/C19H14FNO5/c20-14-7-4-12(5-8-14)6-9-18(24)21-15-3-1-2-13(10-15)16(22)11-17(23)19(25)26/h1-11,22H,(H,21,24)(H,25,26)/b9-6+,16-11+. The quantitative estimate of drug-likeness (QED) is 0.420. The van der Waals surface area contributed by atoms with Gasteiger partial charge in [-0.05, 0) is 35.9 Å². The summed E-state index contributed by atoms with van der Waals surface area (Å²) in [5.41, 5.74) is 1.14. The van der Waals surface area contributed by atoms with Crippen LogP contribution >= 0.6 is 0 Å². The van der Waals surface area contributed by atoms with E-state index in [0.29, 0.717) is 17.3 Å². The normalized spacial score (nSPS) is 11.3. The van der Waals surface area contributed by atoms with E-state index in [4.69, 9.17) is 5.11 Å². The highest BCUT2D eigenvalue weighted by atomic mass is 19.1. The van der Waals surface area contributed by atoms with Gasteiger partial charge < -0.3 is 15.5 Å². The Kier molecular flexibility index (Phi) is 6.00. The van der Waals surface area contributed by atoms with Crippen molar-refractivity contribution in [3.05, 3.63) is 77.6 Å². The summed E-state index contributed by atoms with van der Waals surface area (Å²) in [6, 6.07) is 11.5. The van der Waals surface area contributed by atoms with Gasteiger partial charge in [-0.25, -0.2) is 9.18 Å². The SMILES string of the molecule is O=C(/C=C/c1ccc(F)cc1)Nc1cccc(/C(O)=C\C(=O)C(=O)O)c1. The largest absolute Gasteiger partial charge is 0.507 e. The van der Waals surface area contributed by atoms with Gasteiger partial charge in [0.15, 0.2) is 0 Å². The van der Waals surface area contributed by atoms with E-state index in [-0.39, 0.29) is 11.4 Å². The fraction of sp³-hybridized carbons (Fsp3) is 0. The van der Waals surface area contributed by atoms with Crippen LogP contribution in [0.5, 0.6) is 0 Å². The number of carboxylic acid groups (broad SMARTS) is 1. The summed E-state index contributed by atoms with van der Waals surface area (Å²) in [4.78, 5) is 33.5. The third-order valence-electron chi connectivity index (χ3n) is 3.20. The predicted octanol–water partition coefficient (Wildman–Crippen LogP) is 3.03. The molecule has 2 aromatic carbocycles. The molecule has 7 heteroatoms. The molecule has 0 aromatic heterocycles. The summed E-state index contributed by atoms with van der Waals surface area (Å²) in [7, 11) is 0. The van der Waals surface area contributed by atoms with Crippen LogP contribution in [0, 0.1) is 5.82 Å². The first-order valence-electron chi connectivity index (χ1n) is 7.38. The van der Waals surface area contributed by atoms with Crippen LogP contribution < -0.4 is 5.32 Å². The minimum atomic E-state index is -1.69. The number of rotatable bonds is 6. The molecule has 2 aromatic rings. The van der Waals surface area contributed by atoms with Crippen molar-refractivity contribution in [2.75, 3.05) is 5.32 Å². The number of anilines is 1. The summed E-state index contributed by atoms with van der Waals surface area (Å²) in [5, 5.41) is 20.9. The molecule has 0 aliphatic carbocycles. The molecule has 0 unspecified atom stereocenters. The van der Waals surface area contributed by atoms with Crippen molar-refractivity contribution in [2.45, 2.75) is 0 Å². The number of carbonyl (C=O) groups excluding carboxylic acids is 2. The Labute approximate surface area is 147 Å². The maximum atomic E-state index is 12.8. The number of carbonyl (C=O) groups is 3. The predicted molar refractivity (Wildman–Crippen MR) is 93.8 cm³/mol. The van der Waals surface area contributed by atoms with Crippen molar-refractivity contribution in [2.24, 2.45) is 0 Å². The van der Waals surface area contributed by atoms with E-state index in [0.717, 1.165) is 0 Å². The molecule has 0 atom stereocenters. The average Bonchev–Trinajstić information content (AvgIpc) is 2.61. The summed E-state index contributed by atoms with van der Waals surface area (Å²) >= 11 is 0.